The van der Waals surface area contributed by atoms with E-state index >= 15 is 0 Å². The maximum Gasteiger partial charge on any atom is 0.303 e. The predicted octanol–water partition coefficient (Wildman–Crippen LogP) is 1.55. The van der Waals surface area contributed by atoms with Crippen molar-refractivity contribution < 1.29 is 61.9 Å². The van der Waals surface area contributed by atoms with Crippen molar-refractivity contribution >= 4 is 80.0 Å². The smallest absolute Gasteiger partial charge is 0.303 e. The second kappa shape index (κ2) is 14.4. The van der Waals surface area contributed by atoms with Gasteiger partial charge in [-0.1, -0.05) is 38.5 Å². The highest BCUT2D eigenvalue weighted by atomic mass is 127. The Morgan fingerprint density at radius 1 is 0.816 bits per heavy atom. The van der Waals surface area contributed by atoms with E-state index in [1.807, 2.05) is 22.6 Å². The zero-order valence-corrected chi connectivity index (χ0v) is 25.7. The molecule has 2 heterocycles. The molecular formula is C22H29BrClIO13. The molecule has 13 nitrogen and oxygen atoms in total. The normalized spacial score (nSPS) is 34.6. The highest BCUT2D eigenvalue weighted by molar-refractivity contribution is 14.1. The zero-order valence-electron chi connectivity index (χ0n) is 21.2. The SMILES string of the molecule is CC(=O)OC[C@H]1O[C@H](O[C@]2(CCl)O[C@H](CI)[C@@H](OC(C)=O)[C@@H]2OC(C)=O)[C@H](OC(C)=O)[C@@H](OC(C)=O)[C@@H]1Br. The van der Waals surface area contributed by atoms with Crippen molar-refractivity contribution in [3.05, 3.63) is 0 Å². The highest BCUT2D eigenvalue weighted by Crippen LogP contribution is 2.42. The molecule has 9 atom stereocenters. The molecule has 0 unspecified atom stereocenters. The summed E-state index contributed by atoms with van der Waals surface area (Å²) in [7, 11) is 0. The van der Waals surface area contributed by atoms with Crippen LogP contribution in [-0.2, 0) is 61.9 Å². The molecule has 0 saturated carbocycles. The van der Waals surface area contributed by atoms with Crippen LogP contribution in [0.15, 0.2) is 0 Å². The van der Waals surface area contributed by atoms with Crippen molar-refractivity contribution in [2.45, 2.75) is 88.1 Å². The van der Waals surface area contributed by atoms with Crippen molar-refractivity contribution in [1.29, 1.82) is 0 Å². The molecular weight excluding hydrogens is 714 g/mol. The Morgan fingerprint density at radius 3 is 1.82 bits per heavy atom. The number of ether oxygens (including phenoxy) is 8. The molecule has 0 radical (unpaired) electrons. The fraction of sp³-hybridized carbons (Fsp3) is 0.773. The Morgan fingerprint density at radius 2 is 1.34 bits per heavy atom. The van der Waals surface area contributed by atoms with Gasteiger partial charge in [-0.15, -0.1) is 11.6 Å². The van der Waals surface area contributed by atoms with Crippen LogP contribution in [0.25, 0.3) is 0 Å². The van der Waals surface area contributed by atoms with Gasteiger partial charge in [0, 0.05) is 39.0 Å². The first-order chi connectivity index (χ1) is 17.7. The average molecular weight is 744 g/mol. The Hall–Kier alpha value is -1.27. The van der Waals surface area contributed by atoms with E-state index in [-0.39, 0.29) is 11.0 Å². The highest BCUT2D eigenvalue weighted by Gasteiger charge is 2.63. The summed E-state index contributed by atoms with van der Waals surface area (Å²) in [5.74, 6) is -5.88. The van der Waals surface area contributed by atoms with Crippen LogP contribution in [0.2, 0.25) is 0 Å². The van der Waals surface area contributed by atoms with Gasteiger partial charge in [-0.25, -0.2) is 0 Å². The maximum absolute atomic E-state index is 12.0. The molecule has 0 aliphatic carbocycles. The molecule has 0 amide bonds. The minimum atomic E-state index is -1.96. The molecule has 0 N–H and O–H groups in total. The lowest BCUT2D eigenvalue weighted by Gasteiger charge is -2.45. The molecule has 0 spiro atoms. The van der Waals surface area contributed by atoms with E-state index in [2.05, 4.69) is 15.9 Å². The van der Waals surface area contributed by atoms with Gasteiger partial charge in [0.15, 0.2) is 24.4 Å². The maximum atomic E-state index is 12.0. The standard InChI is InChI=1S/C22H29BrClIO13/c1-9(26)31-7-15-16(23)18(33-11(3)28)19(34-12(4)29)21(36-15)38-22(8-24)20(35-13(5)30)17(32-10(2)27)14(6-25)37-22/h14-21H,6-8H2,1-5H3/t14-,15-,16-,17-,18+,19-,20+,21-,22+/m1/s1. The van der Waals surface area contributed by atoms with Crippen LogP contribution in [-0.4, -0.2) is 100 Å². The van der Waals surface area contributed by atoms with Crippen LogP contribution in [0.3, 0.4) is 0 Å². The van der Waals surface area contributed by atoms with Gasteiger partial charge in [0.25, 0.3) is 0 Å². The summed E-state index contributed by atoms with van der Waals surface area (Å²) in [5, 5.41) is 0. The molecule has 2 aliphatic rings. The molecule has 0 aromatic rings. The van der Waals surface area contributed by atoms with E-state index in [1.54, 1.807) is 0 Å². The lowest BCUT2D eigenvalue weighted by molar-refractivity contribution is -0.358. The molecule has 38 heavy (non-hydrogen) atoms. The number of esters is 5. The topological polar surface area (TPSA) is 159 Å². The Balaban J connectivity index is 2.55. The Kier molecular flexibility index (Phi) is 12.5. The summed E-state index contributed by atoms with van der Waals surface area (Å²) >= 11 is 11.7. The lowest BCUT2D eigenvalue weighted by Crippen LogP contribution is -2.63. The van der Waals surface area contributed by atoms with Crippen molar-refractivity contribution in [2.75, 3.05) is 16.9 Å². The quantitative estimate of drug-likeness (QED) is 0.138. The molecule has 2 fully saturated rings. The third-order valence-corrected chi connectivity index (χ3v) is 7.67. The largest absolute Gasteiger partial charge is 0.463 e. The minimum absolute atomic E-state index is 0.281. The molecule has 216 valence electrons. The van der Waals surface area contributed by atoms with E-state index in [1.165, 1.54) is 13.8 Å². The van der Waals surface area contributed by atoms with Gasteiger partial charge in [-0.3, -0.25) is 24.0 Å². The summed E-state index contributed by atoms with van der Waals surface area (Å²) in [6.07, 6.45) is -8.34. The summed E-state index contributed by atoms with van der Waals surface area (Å²) in [6, 6.07) is 0. The van der Waals surface area contributed by atoms with E-state index in [0.717, 1.165) is 20.8 Å². The van der Waals surface area contributed by atoms with Crippen LogP contribution in [0.4, 0.5) is 0 Å². The van der Waals surface area contributed by atoms with E-state index in [9.17, 15) is 24.0 Å². The number of hydrogen-bond donors (Lipinski definition) is 0. The predicted molar refractivity (Wildman–Crippen MR) is 139 cm³/mol. The number of carbonyl (C=O) groups is 5. The van der Waals surface area contributed by atoms with Crippen LogP contribution < -0.4 is 0 Å². The van der Waals surface area contributed by atoms with E-state index < -0.39 is 89.3 Å². The molecule has 2 saturated heterocycles. The Labute approximate surface area is 246 Å². The van der Waals surface area contributed by atoms with Gasteiger partial charge in [0.1, 0.15) is 18.8 Å². The van der Waals surface area contributed by atoms with Crippen molar-refractivity contribution in [3.8, 4) is 0 Å². The fourth-order valence-corrected chi connectivity index (χ4v) is 5.63. The van der Waals surface area contributed by atoms with Crippen LogP contribution >= 0.6 is 50.1 Å². The molecule has 2 aliphatic heterocycles. The fourth-order valence-electron chi connectivity index (χ4n) is 3.99. The summed E-state index contributed by atoms with van der Waals surface area (Å²) in [6.45, 7) is 5.51. The number of rotatable bonds is 10. The Bertz CT molecular complexity index is 906. The molecule has 0 bridgehead atoms. The van der Waals surface area contributed by atoms with Crippen LogP contribution in [0.5, 0.6) is 0 Å². The first-order valence-electron chi connectivity index (χ1n) is 11.3. The number of alkyl halides is 3. The van der Waals surface area contributed by atoms with E-state index in [4.69, 9.17) is 49.5 Å². The van der Waals surface area contributed by atoms with Gasteiger partial charge in [-0.05, 0) is 0 Å². The van der Waals surface area contributed by atoms with E-state index in [0.29, 0.717) is 0 Å². The first-order valence-corrected chi connectivity index (χ1v) is 14.3. The molecule has 16 heteroatoms. The molecule has 0 aromatic heterocycles. The third kappa shape index (κ3) is 8.36. The zero-order chi connectivity index (χ0) is 28.8. The molecule has 2 rings (SSSR count). The summed E-state index contributed by atoms with van der Waals surface area (Å²) in [5.41, 5.74) is 0. The number of hydrogen-bond acceptors (Lipinski definition) is 13. The van der Waals surface area contributed by atoms with Crippen molar-refractivity contribution in [2.24, 2.45) is 0 Å². The van der Waals surface area contributed by atoms with Gasteiger partial charge in [-0.2, -0.15) is 0 Å². The second-order valence-corrected chi connectivity index (χ2v) is 10.6. The van der Waals surface area contributed by atoms with Gasteiger partial charge < -0.3 is 37.9 Å². The minimum Gasteiger partial charge on any atom is -0.463 e. The third-order valence-electron chi connectivity index (χ3n) is 5.32. The summed E-state index contributed by atoms with van der Waals surface area (Å²) in [4.78, 5) is 58.4. The van der Waals surface area contributed by atoms with Crippen LogP contribution in [0, 0.1) is 0 Å². The number of halogens is 3. The average Bonchev–Trinajstić information content (AvgIpc) is 3.08. The first kappa shape index (κ1) is 32.9. The number of carbonyl (C=O) groups excluding carboxylic acids is 5. The lowest BCUT2D eigenvalue weighted by atomic mass is 10.0. The monoisotopic (exact) mass is 742 g/mol. The van der Waals surface area contributed by atoms with Gasteiger partial charge in [0.05, 0.1) is 10.7 Å². The van der Waals surface area contributed by atoms with Gasteiger partial charge in [0.2, 0.25) is 12.1 Å². The second-order valence-electron chi connectivity index (χ2n) is 8.42. The van der Waals surface area contributed by atoms with Crippen LogP contribution in [0.1, 0.15) is 34.6 Å². The van der Waals surface area contributed by atoms with Gasteiger partial charge >= 0.3 is 29.8 Å². The van der Waals surface area contributed by atoms with Crippen molar-refractivity contribution in [3.63, 3.8) is 0 Å². The van der Waals surface area contributed by atoms with Crippen molar-refractivity contribution in [1.82, 2.24) is 0 Å². The summed E-state index contributed by atoms with van der Waals surface area (Å²) < 4.78 is 45.3. The molecule has 0 aromatic carbocycles.